The molecule has 0 aliphatic carbocycles. The van der Waals surface area contributed by atoms with Crippen LogP contribution >= 0.6 is 0 Å². The Morgan fingerprint density at radius 2 is 2.18 bits per heavy atom. The third-order valence-corrected chi connectivity index (χ3v) is 5.30. The van der Waals surface area contributed by atoms with E-state index < -0.39 is 0 Å². The fraction of sp³-hybridized carbons (Fsp3) is 0.421. The largest absolute Gasteiger partial charge is 0.352 e. The molecule has 4 rings (SSSR count). The lowest BCUT2D eigenvalue weighted by Crippen LogP contribution is -2.35. The van der Waals surface area contributed by atoms with E-state index in [0.29, 0.717) is 31.5 Å². The molecule has 1 aliphatic rings. The van der Waals surface area contributed by atoms with Gasteiger partial charge in [-0.1, -0.05) is 0 Å². The number of amides is 2. The number of hydrogen-bond donors (Lipinski definition) is 3. The summed E-state index contributed by atoms with van der Waals surface area (Å²) in [6, 6.07) is 5.64. The molecule has 1 aliphatic heterocycles. The fourth-order valence-electron chi connectivity index (χ4n) is 3.79. The molecule has 2 amide bonds. The van der Waals surface area contributed by atoms with E-state index in [4.69, 9.17) is 0 Å². The number of carbonyl (C=O) groups excluding carboxylic acids is 2. The van der Waals surface area contributed by atoms with Crippen LogP contribution in [0.15, 0.2) is 30.6 Å². The molecule has 2 aromatic heterocycles. The molecule has 1 fully saturated rings. The molecule has 0 spiro atoms. The summed E-state index contributed by atoms with van der Waals surface area (Å²) < 4.78 is 0. The Balaban J connectivity index is 1.28. The Bertz CT molecular complexity index is 966. The van der Waals surface area contributed by atoms with Crippen molar-refractivity contribution in [1.29, 1.82) is 0 Å². The normalized spacial score (nSPS) is 19.2. The van der Waals surface area contributed by atoms with Gasteiger partial charge in [0.25, 0.3) is 5.91 Å². The first-order valence-corrected chi connectivity index (χ1v) is 9.45. The number of likely N-dealkylation sites (tertiary alicyclic amines) is 1. The standard InChI is InChI=1S/C19H23N7O2/c1-12-6-13(11-26(12)18(27)5-3-16-10-22-25-23-16)8-20-19(28)14-2-4-17-15(7-14)9-21-24-17/h2,4,7,9-10,12-13H,3,5-6,8,11H2,1H3,(H,20,28)(H,21,24)(H,22,23,25). The minimum absolute atomic E-state index is 0.105. The van der Waals surface area contributed by atoms with Crippen LogP contribution in [0.5, 0.6) is 0 Å². The van der Waals surface area contributed by atoms with E-state index in [1.165, 1.54) is 0 Å². The van der Waals surface area contributed by atoms with E-state index in [-0.39, 0.29) is 23.8 Å². The highest BCUT2D eigenvalue weighted by molar-refractivity contribution is 5.97. The van der Waals surface area contributed by atoms with Crippen molar-refractivity contribution in [1.82, 2.24) is 35.8 Å². The number of hydrogen-bond acceptors (Lipinski definition) is 5. The number of carbonyl (C=O) groups is 2. The summed E-state index contributed by atoms with van der Waals surface area (Å²) in [7, 11) is 0. The lowest BCUT2D eigenvalue weighted by molar-refractivity contribution is -0.131. The van der Waals surface area contributed by atoms with Gasteiger partial charge in [-0.25, -0.2) is 0 Å². The molecule has 0 bridgehead atoms. The molecule has 0 saturated carbocycles. The summed E-state index contributed by atoms with van der Waals surface area (Å²) in [5, 5.41) is 21.1. The van der Waals surface area contributed by atoms with Gasteiger partial charge in [0.05, 0.1) is 23.6 Å². The zero-order valence-electron chi connectivity index (χ0n) is 15.7. The fourth-order valence-corrected chi connectivity index (χ4v) is 3.79. The van der Waals surface area contributed by atoms with Crippen LogP contribution in [0.25, 0.3) is 10.9 Å². The van der Waals surface area contributed by atoms with Crippen LogP contribution in [0, 0.1) is 5.92 Å². The molecule has 9 heteroatoms. The van der Waals surface area contributed by atoms with E-state index in [2.05, 4.69) is 37.8 Å². The van der Waals surface area contributed by atoms with Crippen LogP contribution in [-0.4, -0.2) is 61.5 Å². The van der Waals surface area contributed by atoms with Crippen LogP contribution in [0.2, 0.25) is 0 Å². The van der Waals surface area contributed by atoms with Gasteiger partial charge in [0.1, 0.15) is 0 Å². The van der Waals surface area contributed by atoms with Gasteiger partial charge in [0, 0.05) is 42.9 Å². The van der Waals surface area contributed by atoms with E-state index in [1.807, 2.05) is 17.0 Å². The van der Waals surface area contributed by atoms with Crippen molar-refractivity contribution in [3.8, 4) is 0 Å². The minimum atomic E-state index is -0.105. The second kappa shape index (κ2) is 7.79. The van der Waals surface area contributed by atoms with E-state index in [9.17, 15) is 9.59 Å². The number of aryl methyl sites for hydroxylation is 1. The third-order valence-electron chi connectivity index (χ3n) is 5.30. The highest BCUT2D eigenvalue weighted by Gasteiger charge is 2.32. The second-order valence-corrected chi connectivity index (χ2v) is 7.34. The number of nitrogens with one attached hydrogen (secondary N) is 3. The molecule has 1 aromatic carbocycles. The Kier molecular flexibility index (Phi) is 5.05. The molecule has 3 N–H and O–H groups in total. The highest BCUT2D eigenvalue weighted by Crippen LogP contribution is 2.23. The number of benzene rings is 1. The Labute approximate surface area is 161 Å². The van der Waals surface area contributed by atoms with Crippen molar-refractivity contribution < 1.29 is 9.59 Å². The molecule has 2 unspecified atom stereocenters. The first-order valence-electron chi connectivity index (χ1n) is 9.45. The monoisotopic (exact) mass is 381 g/mol. The van der Waals surface area contributed by atoms with Crippen molar-refractivity contribution in [2.75, 3.05) is 13.1 Å². The number of rotatable bonds is 6. The summed E-state index contributed by atoms with van der Waals surface area (Å²) in [5.74, 6) is 0.272. The molecule has 3 heterocycles. The maximum atomic E-state index is 12.5. The SMILES string of the molecule is CC1CC(CNC(=O)c2ccc3[nH]ncc3c2)CN1C(=O)CCc1cn[nH]n1. The molecular weight excluding hydrogens is 358 g/mol. The van der Waals surface area contributed by atoms with Crippen molar-refractivity contribution in [2.24, 2.45) is 5.92 Å². The Morgan fingerprint density at radius 1 is 1.29 bits per heavy atom. The van der Waals surface area contributed by atoms with Crippen molar-refractivity contribution in [2.45, 2.75) is 32.2 Å². The quantitative estimate of drug-likeness (QED) is 0.594. The van der Waals surface area contributed by atoms with E-state index in [1.54, 1.807) is 18.5 Å². The van der Waals surface area contributed by atoms with Crippen LogP contribution in [-0.2, 0) is 11.2 Å². The molecule has 146 valence electrons. The number of aromatic amines is 2. The number of fused-ring (bicyclic) bond motifs is 1. The summed E-state index contributed by atoms with van der Waals surface area (Å²) >= 11 is 0. The Morgan fingerprint density at radius 3 is 3.00 bits per heavy atom. The van der Waals surface area contributed by atoms with Crippen LogP contribution < -0.4 is 5.32 Å². The van der Waals surface area contributed by atoms with Crippen molar-refractivity contribution in [3.05, 3.63) is 41.9 Å². The van der Waals surface area contributed by atoms with Gasteiger partial charge >= 0.3 is 0 Å². The highest BCUT2D eigenvalue weighted by atomic mass is 16.2. The average Bonchev–Trinajstić information content (AvgIpc) is 3.44. The summed E-state index contributed by atoms with van der Waals surface area (Å²) in [5.41, 5.74) is 2.31. The lowest BCUT2D eigenvalue weighted by atomic mass is 10.1. The third kappa shape index (κ3) is 3.88. The van der Waals surface area contributed by atoms with E-state index >= 15 is 0 Å². The zero-order valence-corrected chi connectivity index (χ0v) is 15.7. The maximum absolute atomic E-state index is 12.5. The van der Waals surface area contributed by atoms with Crippen molar-refractivity contribution in [3.63, 3.8) is 0 Å². The molecule has 2 atom stereocenters. The van der Waals surface area contributed by atoms with Gasteiger partial charge in [-0.3, -0.25) is 14.7 Å². The number of H-pyrrole nitrogens is 2. The molecule has 3 aromatic rings. The van der Waals surface area contributed by atoms with Gasteiger partial charge in [0.2, 0.25) is 5.91 Å². The van der Waals surface area contributed by atoms with Gasteiger partial charge in [-0.2, -0.15) is 20.5 Å². The van der Waals surface area contributed by atoms with Crippen LogP contribution in [0.3, 0.4) is 0 Å². The smallest absolute Gasteiger partial charge is 0.251 e. The predicted molar refractivity (Wildman–Crippen MR) is 102 cm³/mol. The molecule has 28 heavy (non-hydrogen) atoms. The predicted octanol–water partition coefficient (Wildman–Crippen LogP) is 1.28. The van der Waals surface area contributed by atoms with Gasteiger partial charge in [-0.05, 0) is 37.5 Å². The maximum Gasteiger partial charge on any atom is 0.251 e. The zero-order chi connectivity index (χ0) is 19.5. The molecule has 0 radical (unpaired) electrons. The molecule has 9 nitrogen and oxygen atoms in total. The second-order valence-electron chi connectivity index (χ2n) is 7.34. The average molecular weight is 381 g/mol. The van der Waals surface area contributed by atoms with Gasteiger partial charge < -0.3 is 10.2 Å². The summed E-state index contributed by atoms with van der Waals surface area (Å²) in [6.07, 6.45) is 5.22. The molecule has 1 saturated heterocycles. The summed E-state index contributed by atoms with van der Waals surface area (Å²) in [6.45, 7) is 3.28. The van der Waals surface area contributed by atoms with Gasteiger partial charge in [-0.15, -0.1) is 0 Å². The summed E-state index contributed by atoms with van der Waals surface area (Å²) in [4.78, 5) is 26.9. The minimum Gasteiger partial charge on any atom is -0.352 e. The molecular formula is C19H23N7O2. The topological polar surface area (TPSA) is 120 Å². The first kappa shape index (κ1) is 18.1. The van der Waals surface area contributed by atoms with Crippen LogP contribution in [0.1, 0.15) is 35.8 Å². The van der Waals surface area contributed by atoms with Crippen molar-refractivity contribution >= 4 is 22.7 Å². The Hall–Kier alpha value is -3.23. The van der Waals surface area contributed by atoms with E-state index in [0.717, 1.165) is 23.0 Å². The van der Waals surface area contributed by atoms with Crippen LogP contribution in [0.4, 0.5) is 0 Å². The number of aromatic nitrogens is 5. The van der Waals surface area contributed by atoms with Gasteiger partial charge in [0.15, 0.2) is 0 Å². The number of nitrogens with zero attached hydrogens (tertiary/aromatic N) is 4. The lowest BCUT2D eigenvalue weighted by Gasteiger charge is -2.21. The first-order chi connectivity index (χ1) is 13.6.